The van der Waals surface area contributed by atoms with Gasteiger partial charge in [-0.15, -0.1) is 11.8 Å². The molecule has 3 N–H and O–H groups in total. The van der Waals surface area contributed by atoms with Gasteiger partial charge in [0.2, 0.25) is 0 Å². The third-order valence-corrected chi connectivity index (χ3v) is 6.12. The standard InChI is InChI=1S/C25H27NO3S/c1-3-20(12-11-18-13-15-25(26,16-14-18)24(27)28)29-23-10-5-4-9-22(23)19-7-6-8-21(17-19)30-2/h3-12,17H,1,13-16,26H2,2H3,(H,27,28)/b18-11?,20-12+. The predicted molar refractivity (Wildman–Crippen MR) is 124 cm³/mol. The SMILES string of the molecule is C=C/C(=C\C=C1CCC(N)(C(=O)O)CC1)Oc1ccccc1-c1cccc(SC)c1. The summed E-state index contributed by atoms with van der Waals surface area (Å²) in [5, 5.41) is 9.27. The van der Waals surface area contributed by atoms with E-state index in [2.05, 4.69) is 31.0 Å². The van der Waals surface area contributed by atoms with Crippen molar-refractivity contribution >= 4 is 17.7 Å². The summed E-state index contributed by atoms with van der Waals surface area (Å²) in [6.45, 7) is 3.87. The van der Waals surface area contributed by atoms with Crippen LogP contribution in [0.5, 0.6) is 5.75 Å². The summed E-state index contributed by atoms with van der Waals surface area (Å²) in [6, 6.07) is 16.3. The number of carboxylic acids is 1. The van der Waals surface area contributed by atoms with E-state index in [1.807, 2.05) is 42.5 Å². The lowest BCUT2D eigenvalue weighted by Crippen LogP contribution is -2.49. The van der Waals surface area contributed by atoms with E-state index < -0.39 is 11.5 Å². The Bertz CT molecular complexity index is 983. The Morgan fingerprint density at radius 2 is 1.93 bits per heavy atom. The highest BCUT2D eigenvalue weighted by Gasteiger charge is 2.36. The second kappa shape index (κ2) is 9.83. The Morgan fingerprint density at radius 1 is 1.20 bits per heavy atom. The molecule has 0 heterocycles. The molecular formula is C25H27NO3S. The molecule has 1 saturated carbocycles. The molecule has 1 fully saturated rings. The van der Waals surface area contributed by atoms with Crippen molar-refractivity contribution in [1.29, 1.82) is 0 Å². The van der Waals surface area contributed by atoms with Gasteiger partial charge in [0.05, 0.1) is 0 Å². The highest BCUT2D eigenvalue weighted by molar-refractivity contribution is 7.98. The molecule has 0 spiro atoms. The van der Waals surface area contributed by atoms with E-state index in [0.717, 1.165) is 16.9 Å². The summed E-state index contributed by atoms with van der Waals surface area (Å²) in [6.07, 6.45) is 9.85. The van der Waals surface area contributed by atoms with Gasteiger partial charge in [-0.25, -0.2) is 0 Å². The van der Waals surface area contributed by atoms with Crippen LogP contribution >= 0.6 is 11.8 Å². The molecule has 30 heavy (non-hydrogen) atoms. The lowest BCUT2D eigenvalue weighted by molar-refractivity contribution is -0.144. The summed E-state index contributed by atoms with van der Waals surface area (Å²) in [5.41, 5.74) is 8.13. The number of para-hydroxylation sites is 1. The monoisotopic (exact) mass is 421 g/mol. The average molecular weight is 422 g/mol. The fourth-order valence-electron chi connectivity index (χ4n) is 3.45. The first-order valence-electron chi connectivity index (χ1n) is 9.91. The first-order valence-corrected chi connectivity index (χ1v) is 11.1. The second-order valence-electron chi connectivity index (χ2n) is 7.39. The third kappa shape index (κ3) is 5.23. The summed E-state index contributed by atoms with van der Waals surface area (Å²) in [7, 11) is 0. The van der Waals surface area contributed by atoms with E-state index in [4.69, 9.17) is 10.5 Å². The summed E-state index contributed by atoms with van der Waals surface area (Å²) < 4.78 is 6.17. The van der Waals surface area contributed by atoms with Crippen molar-refractivity contribution in [3.63, 3.8) is 0 Å². The van der Waals surface area contributed by atoms with Crippen molar-refractivity contribution in [2.75, 3.05) is 6.26 Å². The second-order valence-corrected chi connectivity index (χ2v) is 8.27. The van der Waals surface area contributed by atoms with Crippen molar-refractivity contribution in [3.05, 3.63) is 84.7 Å². The highest BCUT2D eigenvalue weighted by atomic mass is 32.2. The molecule has 0 radical (unpaired) electrons. The van der Waals surface area contributed by atoms with Gasteiger partial charge in [0, 0.05) is 10.5 Å². The normalized spacial score (nSPS) is 19.3. The molecule has 2 aromatic carbocycles. The Labute approximate surface area is 182 Å². The molecule has 156 valence electrons. The molecule has 0 unspecified atom stereocenters. The van der Waals surface area contributed by atoms with Crippen LogP contribution in [0.2, 0.25) is 0 Å². The van der Waals surface area contributed by atoms with E-state index in [0.29, 0.717) is 31.4 Å². The number of hydrogen-bond donors (Lipinski definition) is 2. The van der Waals surface area contributed by atoms with Gasteiger partial charge >= 0.3 is 5.97 Å². The van der Waals surface area contributed by atoms with Gasteiger partial charge in [-0.3, -0.25) is 4.79 Å². The molecule has 5 heteroatoms. The molecule has 0 aromatic heterocycles. The number of carbonyl (C=O) groups is 1. The van der Waals surface area contributed by atoms with E-state index in [-0.39, 0.29) is 0 Å². The summed E-state index contributed by atoms with van der Waals surface area (Å²) in [5.74, 6) is 0.476. The van der Waals surface area contributed by atoms with Crippen molar-refractivity contribution in [2.24, 2.45) is 5.73 Å². The number of rotatable bonds is 7. The van der Waals surface area contributed by atoms with Gasteiger partial charge in [-0.2, -0.15) is 0 Å². The number of allylic oxidation sites excluding steroid dienone is 4. The van der Waals surface area contributed by atoms with Crippen LogP contribution in [0.3, 0.4) is 0 Å². The predicted octanol–water partition coefficient (Wildman–Crippen LogP) is 5.81. The fraction of sp³-hybridized carbons (Fsp3) is 0.240. The third-order valence-electron chi connectivity index (χ3n) is 5.39. The van der Waals surface area contributed by atoms with Gasteiger partial charge in [-0.05, 0) is 67.9 Å². The Balaban J connectivity index is 1.78. The largest absolute Gasteiger partial charge is 0.480 e. The Hall–Kier alpha value is -2.76. The van der Waals surface area contributed by atoms with Crippen molar-refractivity contribution in [3.8, 4) is 16.9 Å². The molecule has 4 nitrogen and oxygen atoms in total. The van der Waals surface area contributed by atoms with Gasteiger partial charge in [0.15, 0.2) is 0 Å². The Kier molecular flexibility index (Phi) is 7.19. The first-order chi connectivity index (χ1) is 14.4. The van der Waals surface area contributed by atoms with Crippen molar-refractivity contribution in [1.82, 2.24) is 0 Å². The minimum absolute atomic E-state index is 0.445. The smallest absolute Gasteiger partial charge is 0.323 e. The average Bonchev–Trinajstić information content (AvgIpc) is 2.78. The number of hydrogen-bond acceptors (Lipinski definition) is 4. The zero-order chi connectivity index (χ0) is 21.6. The van der Waals surface area contributed by atoms with Crippen LogP contribution in [0.4, 0.5) is 0 Å². The zero-order valence-electron chi connectivity index (χ0n) is 17.1. The van der Waals surface area contributed by atoms with Crippen LogP contribution in [0.25, 0.3) is 11.1 Å². The number of benzene rings is 2. The van der Waals surface area contributed by atoms with E-state index in [1.54, 1.807) is 17.8 Å². The van der Waals surface area contributed by atoms with E-state index >= 15 is 0 Å². The minimum Gasteiger partial charge on any atom is -0.480 e. The van der Waals surface area contributed by atoms with Gasteiger partial charge in [0.1, 0.15) is 17.0 Å². The maximum absolute atomic E-state index is 11.3. The highest BCUT2D eigenvalue weighted by Crippen LogP contribution is 2.34. The van der Waals surface area contributed by atoms with Crippen molar-refractivity contribution in [2.45, 2.75) is 36.1 Å². The number of thioether (sulfide) groups is 1. The molecule has 0 bridgehead atoms. The minimum atomic E-state index is -1.11. The summed E-state index contributed by atoms with van der Waals surface area (Å²) >= 11 is 1.71. The van der Waals surface area contributed by atoms with E-state index in [9.17, 15) is 9.90 Å². The quantitative estimate of drug-likeness (QED) is 0.335. The number of aliphatic carboxylic acids is 1. The molecule has 0 atom stereocenters. The molecule has 1 aliphatic rings. The zero-order valence-corrected chi connectivity index (χ0v) is 18.0. The van der Waals surface area contributed by atoms with Crippen LogP contribution in [-0.4, -0.2) is 22.9 Å². The molecule has 0 aliphatic heterocycles. The fourth-order valence-corrected chi connectivity index (χ4v) is 3.91. The van der Waals surface area contributed by atoms with Crippen LogP contribution in [0.1, 0.15) is 25.7 Å². The molecule has 0 amide bonds. The number of ether oxygens (including phenoxy) is 1. The molecule has 1 aliphatic carbocycles. The van der Waals surface area contributed by atoms with Crippen LogP contribution in [0, 0.1) is 0 Å². The van der Waals surface area contributed by atoms with Crippen molar-refractivity contribution < 1.29 is 14.6 Å². The van der Waals surface area contributed by atoms with Gasteiger partial charge in [-0.1, -0.05) is 48.6 Å². The molecule has 3 rings (SSSR count). The topological polar surface area (TPSA) is 72.6 Å². The lowest BCUT2D eigenvalue weighted by atomic mass is 9.80. The van der Waals surface area contributed by atoms with E-state index in [1.165, 1.54) is 10.5 Å². The first kappa shape index (κ1) is 21.9. The summed E-state index contributed by atoms with van der Waals surface area (Å²) in [4.78, 5) is 12.5. The Morgan fingerprint density at radius 3 is 2.60 bits per heavy atom. The number of nitrogens with two attached hydrogens (primary N) is 1. The maximum Gasteiger partial charge on any atom is 0.323 e. The molecular weight excluding hydrogens is 394 g/mol. The van der Waals surface area contributed by atoms with Crippen LogP contribution < -0.4 is 10.5 Å². The maximum atomic E-state index is 11.3. The van der Waals surface area contributed by atoms with Gasteiger partial charge in [0.25, 0.3) is 0 Å². The number of carboxylic acid groups (broad SMARTS) is 1. The molecule has 2 aromatic rings. The molecule has 0 saturated heterocycles. The van der Waals surface area contributed by atoms with Crippen LogP contribution in [0.15, 0.2) is 89.6 Å². The lowest BCUT2D eigenvalue weighted by Gasteiger charge is -2.30. The van der Waals surface area contributed by atoms with Crippen LogP contribution in [-0.2, 0) is 4.79 Å². The van der Waals surface area contributed by atoms with Gasteiger partial charge < -0.3 is 15.6 Å².